The van der Waals surface area contributed by atoms with Crippen LogP contribution in [0.2, 0.25) is 0 Å². The Bertz CT molecular complexity index is 1280. The van der Waals surface area contributed by atoms with Crippen molar-refractivity contribution in [3.63, 3.8) is 0 Å². The van der Waals surface area contributed by atoms with E-state index in [1.165, 1.54) is 5.56 Å². The molecule has 0 bridgehead atoms. The number of amides is 1. The summed E-state index contributed by atoms with van der Waals surface area (Å²) < 4.78 is 2.20. The second-order valence-electron chi connectivity index (χ2n) is 6.94. The number of rotatable bonds is 4. The second kappa shape index (κ2) is 6.74. The normalized spacial score (nSPS) is 11.1. The highest BCUT2D eigenvalue weighted by Gasteiger charge is 2.10. The molecule has 0 saturated carbocycles. The van der Waals surface area contributed by atoms with Crippen molar-refractivity contribution < 1.29 is 4.79 Å². The lowest BCUT2D eigenvalue weighted by molar-refractivity contribution is 0.102. The van der Waals surface area contributed by atoms with Gasteiger partial charge in [-0.3, -0.25) is 4.79 Å². The molecule has 5 aromatic rings. The first-order chi connectivity index (χ1) is 13.8. The molecule has 0 atom stereocenters. The first-order valence-corrected chi connectivity index (χ1v) is 9.28. The number of nitrogens with one attached hydrogen (secondary N) is 2. The highest BCUT2D eigenvalue weighted by Crippen LogP contribution is 2.21. The van der Waals surface area contributed by atoms with Crippen LogP contribution in [0.5, 0.6) is 0 Å². The molecule has 0 aliphatic rings. The van der Waals surface area contributed by atoms with Crippen LogP contribution in [0.25, 0.3) is 21.8 Å². The van der Waals surface area contributed by atoms with Crippen LogP contribution in [0.4, 0.5) is 5.69 Å². The van der Waals surface area contributed by atoms with Crippen LogP contribution in [0.15, 0.2) is 91.3 Å². The number of carbonyl (C=O) groups is 1. The summed E-state index contributed by atoms with van der Waals surface area (Å²) in [6, 6.07) is 26.1. The van der Waals surface area contributed by atoms with Crippen molar-refractivity contribution in [3.05, 3.63) is 102 Å². The molecule has 0 fully saturated rings. The average Bonchev–Trinajstić information content (AvgIpc) is 3.35. The van der Waals surface area contributed by atoms with Crippen molar-refractivity contribution in [2.24, 2.45) is 0 Å². The van der Waals surface area contributed by atoms with E-state index in [-0.39, 0.29) is 5.91 Å². The van der Waals surface area contributed by atoms with Crippen molar-refractivity contribution in [3.8, 4) is 0 Å². The summed E-state index contributed by atoms with van der Waals surface area (Å²) in [6.07, 6.45) is 3.96. The topological polar surface area (TPSA) is 49.8 Å². The van der Waals surface area contributed by atoms with Crippen LogP contribution in [0.1, 0.15) is 15.9 Å². The molecule has 3 aromatic carbocycles. The Kier molecular flexibility index (Phi) is 3.95. The third kappa shape index (κ3) is 3.05. The Morgan fingerprint density at radius 3 is 2.68 bits per heavy atom. The Hall–Kier alpha value is -3.79. The molecule has 2 aromatic heterocycles. The van der Waals surface area contributed by atoms with Gasteiger partial charge >= 0.3 is 0 Å². The molecular formula is C24H19N3O. The maximum absolute atomic E-state index is 12.7. The fraction of sp³-hybridized carbons (Fsp3) is 0.0417. The summed E-state index contributed by atoms with van der Waals surface area (Å²) >= 11 is 0. The van der Waals surface area contributed by atoms with Crippen molar-refractivity contribution in [2.45, 2.75) is 6.54 Å². The largest absolute Gasteiger partial charge is 0.361 e. The minimum atomic E-state index is -0.108. The number of carbonyl (C=O) groups excluding carboxylic acids is 1. The van der Waals surface area contributed by atoms with Crippen LogP contribution >= 0.6 is 0 Å². The smallest absolute Gasteiger partial charge is 0.255 e. The third-order valence-corrected chi connectivity index (χ3v) is 5.04. The fourth-order valence-corrected chi connectivity index (χ4v) is 3.59. The van der Waals surface area contributed by atoms with Gasteiger partial charge in [-0.25, -0.2) is 0 Å². The number of hydrogen-bond donors (Lipinski definition) is 2. The summed E-state index contributed by atoms with van der Waals surface area (Å²) in [5.74, 6) is -0.108. The number of aromatic nitrogens is 2. The lowest BCUT2D eigenvalue weighted by Crippen LogP contribution is -2.11. The Morgan fingerprint density at radius 2 is 1.79 bits per heavy atom. The summed E-state index contributed by atoms with van der Waals surface area (Å²) in [7, 11) is 0. The number of anilines is 1. The SMILES string of the molecule is O=C(Nc1ccc2cc[nH]c2c1)c1ccc2c(ccn2Cc2ccccc2)c1. The first-order valence-electron chi connectivity index (χ1n) is 9.28. The van der Waals surface area contributed by atoms with Gasteiger partial charge in [0.1, 0.15) is 0 Å². The number of aromatic amines is 1. The monoisotopic (exact) mass is 365 g/mol. The summed E-state index contributed by atoms with van der Waals surface area (Å²) in [4.78, 5) is 15.9. The number of fused-ring (bicyclic) bond motifs is 2. The van der Waals surface area contributed by atoms with Gasteiger partial charge in [0.2, 0.25) is 0 Å². The van der Waals surface area contributed by atoms with Crippen LogP contribution < -0.4 is 5.32 Å². The van der Waals surface area contributed by atoms with E-state index in [4.69, 9.17) is 0 Å². The lowest BCUT2D eigenvalue weighted by Gasteiger charge is -2.08. The molecule has 0 aliphatic heterocycles. The van der Waals surface area contributed by atoms with E-state index in [0.717, 1.165) is 34.0 Å². The van der Waals surface area contributed by atoms with Crippen molar-refractivity contribution in [1.82, 2.24) is 9.55 Å². The lowest BCUT2D eigenvalue weighted by atomic mass is 10.1. The molecule has 0 aliphatic carbocycles. The maximum Gasteiger partial charge on any atom is 0.255 e. The molecule has 0 radical (unpaired) electrons. The standard InChI is InChI=1S/C24H19N3O/c28-24(26-21-8-6-18-10-12-25-22(18)15-21)20-7-9-23-19(14-20)11-13-27(23)16-17-4-2-1-3-5-17/h1-15,25H,16H2,(H,26,28). The molecule has 4 nitrogen and oxygen atoms in total. The van der Waals surface area contributed by atoms with Crippen molar-refractivity contribution in [2.75, 3.05) is 5.32 Å². The van der Waals surface area contributed by atoms with E-state index in [9.17, 15) is 4.79 Å². The molecule has 2 heterocycles. The third-order valence-electron chi connectivity index (χ3n) is 5.04. The van der Waals surface area contributed by atoms with E-state index in [0.29, 0.717) is 5.56 Å². The second-order valence-corrected chi connectivity index (χ2v) is 6.94. The minimum Gasteiger partial charge on any atom is -0.361 e. The summed E-state index contributed by atoms with van der Waals surface area (Å²) in [6.45, 7) is 0.812. The predicted octanol–water partition coefficient (Wildman–Crippen LogP) is 5.42. The van der Waals surface area contributed by atoms with E-state index >= 15 is 0 Å². The zero-order valence-electron chi connectivity index (χ0n) is 15.2. The zero-order chi connectivity index (χ0) is 18.9. The fourth-order valence-electron chi connectivity index (χ4n) is 3.59. The molecule has 4 heteroatoms. The summed E-state index contributed by atoms with van der Waals surface area (Å²) in [5.41, 5.74) is 4.80. The molecule has 28 heavy (non-hydrogen) atoms. The molecule has 136 valence electrons. The van der Waals surface area contributed by atoms with Crippen molar-refractivity contribution >= 4 is 33.4 Å². The van der Waals surface area contributed by atoms with Gasteiger partial charge in [-0.15, -0.1) is 0 Å². The van der Waals surface area contributed by atoms with Gasteiger partial charge in [0.25, 0.3) is 5.91 Å². The maximum atomic E-state index is 12.7. The van der Waals surface area contributed by atoms with Gasteiger partial charge in [-0.2, -0.15) is 0 Å². The number of benzene rings is 3. The first kappa shape index (κ1) is 16.4. The molecule has 0 unspecified atom stereocenters. The van der Waals surface area contributed by atoms with Crippen LogP contribution in [0.3, 0.4) is 0 Å². The highest BCUT2D eigenvalue weighted by molar-refractivity contribution is 6.07. The minimum absolute atomic E-state index is 0.108. The van der Waals surface area contributed by atoms with Crippen LogP contribution in [-0.2, 0) is 6.54 Å². The molecular weight excluding hydrogens is 346 g/mol. The van der Waals surface area contributed by atoms with E-state index < -0.39 is 0 Å². The summed E-state index contributed by atoms with van der Waals surface area (Å²) in [5, 5.41) is 5.17. The quantitative estimate of drug-likeness (QED) is 0.439. The molecule has 5 rings (SSSR count). The van der Waals surface area contributed by atoms with E-state index in [2.05, 4.69) is 39.3 Å². The number of nitrogens with zero attached hydrogens (tertiary/aromatic N) is 1. The molecule has 0 spiro atoms. The van der Waals surface area contributed by atoms with Crippen LogP contribution in [-0.4, -0.2) is 15.5 Å². The van der Waals surface area contributed by atoms with E-state index in [1.54, 1.807) is 0 Å². The number of hydrogen-bond acceptors (Lipinski definition) is 1. The predicted molar refractivity (Wildman–Crippen MR) is 114 cm³/mol. The van der Waals surface area contributed by atoms with Crippen molar-refractivity contribution in [1.29, 1.82) is 0 Å². The van der Waals surface area contributed by atoms with Gasteiger partial charge in [0.05, 0.1) is 0 Å². The van der Waals surface area contributed by atoms with E-state index in [1.807, 2.05) is 66.9 Å². The Labute approximate surface area is 162 Å². The van der Waals surface area contributed by atoms with Gasteiger partial charge in [-0.1, -0.05) is 36.4 Å². The highest BCUT2D eigenvalue weighted by atomic mass is 16.1. The molecule has 1 amide bonds. The Balaban J connectivity index is 1.39. The Morgan fingerprint density at radius 1 is 0.893 bits per heavy atom. The van der Waals surface area contributed by atoms with Gasteiger partial charge in [0, 0.05) is 46.6 Å². The number of H-pyrrole nitrogens is 1. The molecule has 2 N–H and O–H groups in total. The van der Waals surface area contributed by atoms with Gasteiger partial charge in [0.15, 0.2) is 0 Å². The van der Waals surface area contributed by atoms with Gasteiger partial charge < -0.3 is 14.9 Å². The van der Waals surface area contributed by atoms with Gasteiger partial charge in [-0.05, 0) is 53.4 Å². The average molecular weight is 365 g/mol. The zero-order valence-corrected chi connectivity index (χ0v) is 15.2. The van der Waals surface area contributed by atoms with Crippen LogP contribution in [0, 0.1) is 0 Å². The molecule has 0 saturated heterocycles.